The van der Waals surface area contributed by atoms with Crippen LogP contribution >= 0.6 is 0 Å². The largest absolute Gasteiger partial charge is 0.299 e. The summed E-state index contributed by atoms with van der Waals surface area (Å²) in [5.74, 6) is 2.92. The fraction of sp³-hybridized carbons (Fsp3) is 0.842. The first-order valence-electron chi connectivity index (χ1n) is 8.78. The quantitative estimate of drug-likeness (QED) is 0.573. The summed E-state index contributed by atoms with van der Waals surface area (Å²) in [6.45, 7) is 4.83. The summed E-state index contributed by atoms with van der Waals surface area (Å²) in [5.41, 5.74) is 2.30. The van der Waals surface area contributed by atoms with Crippen molar-refractivity contribution in [3.63, 3.8) is 0 Å². The van der Waals surface area contributed by atoms with Gasteiger partial charge in [-0.25, -0.2) is 0 Å². The van der Waals surface area contributed by atoms with Crippen molar-refractivity contribution in [3.05, 3.63) is 11.6 Å². The summed E-state index contributed by atoms with van der Waals surface area (Å²) >= 11 is 0. The van der Waals surface area contributed by atoms with E-state index in [-0.39, 0.29) is 5.41 Å². The average molecular weight is 272 g/mol. The van der Waals surface area contributed by atoms with Gasteiger partial charge in [-0.3, -0.25) is 4.79 Å². The molecule has 4 aliphatic rings. The van der Waals surface area contributed by atoms with Crippen molar-refractivity contribution in [2.24, 2.45) is 28.6 Å². The molecule has 0 radical (unpaired) electrons. The van der Waals surface area contributed by atoms with E-state index in [1.807, 2.05) is 0 Å². The Morgan fingerprint density at radius 1 is 1.00 bits per heavy atom. The van der Waals surface area contributed by atoms with Crippen molar-refractivity contribution in [2.45, 2.75) is 71.6 Å². The van der Waals surface area contributed by atoms with Crippen LogP contribution in [0.1, 0.15) is 71.6 Å². The third-order valence-corrected chi connectivity index (χ3v) is 7.73. The van der Waals surface area contributed by atoms with E-state index in [1.54, 1.807) is 5.57 Å². The molecule has 4 rings (SSSR count). The first kappa shape index (κ1) is 13.1. The van der Waals surface area contributed by atoms with Crippen molar-refractivity contribution < 1.29 is 4.79 Å². The molecule has 0 aromatic heterocycles. The summed E-state index contributed by atoms with van der Waals surface area (Å²) in [7, 11) is 0. The van der Waals surface area contributed by atoms with Gasteiger partial charge in [0.1, 0.15) is 5.78 Å². The highest BCUT2D eigenvalue weighted by atomic mass is 16.1. The Labute approximate surface area is 123 Å². The molecule has 3 fully saturated rings. The fourth-order valence-electron chi connectivity index (χ4n) is 6.47. The molecule has 1 heteroatoms. The van der Waals surface area contributed by atoms with Crippen molar-refractivity contribution >= 4 is 5.78 Å². The van der Waals surface area contributed by atoms with Gasteiger partial charge in [0.25, 0.3) is 0 Å². The van der Waals surface area contributed by atoms with Crippen LogP contribution in [0.25, 0.3) is 0 Å². The Bertz CT molecular complexity index is 476. The molecular weight excluding hydrogens is 244 g/mol. The lowest BCUT2D eigenvalue weighted by Gasteiger charge is -2.56. The normalized spacial score (nSPS) is 51.0. The number of carbonyl (C=O) groups excluding carboxylic acids is 1. The lowest BCUT2D eigenvalue weighted by molar-refractivity contribution is -0.131. The van der Waals surface area contributed by atoms with Crippen LogP contribution in [0.15, 0.2) is 11.6 Å². The number of hydrogen-bond donors (Lipinski definition) is 0. The van der Waals surface area contributed by atoms with Crippen LogP contribution in [0, 0.1) is 28.6 Å². The topological polar surface area (TPSA) is 17.1 Å². The minimum Gasteiger partial charge on any atom is -0.299 e. The van der Waals surface area contributed by atoms with Gasteiger partial charge in [0.05, 0.1) is 0 Å². The summed E-state index contributed by atoms with van der Waals surface area (Å²) in [6.07, 6.45) is 13.9. The standard InChI is InChI=1S/C19H28O/c1-18-11-4-3-5-13(18)6-7-14-15-8-9-17(20)19(15,2)12-10-16(14)18/h6,14-16H,3-5,7-12H2,1-2H3/t14-,15-,16-,18-,19+/m0/s1. The predicted octanol–water partition coefficient (Wildman–Crippen LogP) is 4.91. The molecule has 5 atom stereocenters. The monoisotopic (exact) mass is 272 g/mol. The molecule has 4 aliphatic carbocycles. The van der Waals surface area contributed by atoms with E-state index < -0.39 is 0 Å². The van der Waals surface area contributed by atoms with Gasteiger partial charge in [0.2, 0.25) is 0 Å². The molecule has 0 aliphatic heterocycles. The minimum atomic E-state index is 0.0392. The second-order valence-corrected chi connectivity index (χ2v) is 8.38. The molecule has 1 nitrogen and oxygen atoms in total. The Morgan fingerprint density at radius 2 is 1.80 bits per heavy atom. The Hall–Kier alpha value is -0.590. The van der Waals surface area contributed by atoms with Crippen LogP contribution in [0.5, 0.6) is 0 Å². The minimum absolute atomic E-state index is 0.0392. The number of Topliss-reactive ketones (excluding diaryl/α,β-unsaturated/α-hetero) is 1. The van der Waals surface area contributed by atoms with Crippen molar-refractivity contribution in [2.75, 3.05) is 0 Å². The van der Waals surface area contributed by atoms with Crippen molar-refractivity contribution in [1.29, 1.82) is 0 Å². The fourth-order valence-corrected chi connectivity index (χ4v) is 6.47. The van der Waals surface area contributed by atoms with Crippen LogP contribution in [0.2, 0.25) is 0 Å². The van der Waals surface area contributed by atoms with E-state index in [9.17, 15) is 4.79 Å². The molecule has 0 saturated heterocycles. The molecule has 0 unspecified atom stereocenters. The van der Waals surface area contributed by atoms with Gasteiger partial charge in [-0.05, 0) is 68.1 Å². The highest BCUT2D eigenvalue weighted by molar-refractivity contribution is 5.87. The molecule has 0 aromatic rings. The third kappa shape index (κ3) is 1.53. The molecule has 0 N–H and O–H groups in total. The second-order valence-electron chi connectivity index (χ2n) is 8.38. The molecular formula is C19H28O. The number of allylic oxidation sites excluding steroid dienone is 2. The Balaban J connectivity index is 1.71. The zero-order valence-corrected chi connectivity index (χ0v) is 13.1. The zero-order chi connectivity index (χ0) is 14.0. The molecule has 0 spiro atoms. The lowest BCUT2D eigenvalue weighted by Crippen LogP contribution is -2.49. The van der Waals surface area contributed by atoms with Gasteiger partial charge >= 0.3 is 0 Å². The van der Waals surface area contributed by atoms with Crippen LogP contribution in [-0.4, -0.2) is 5.78 Å². The first-order valence-corrected chi connectivity index (χ1v) is 8.78. The predicted molar refractivity (Wildman–Crippen MR) is 81.3 cm³/mol. The van der Waals surface area contributed by atoms with Gasteiger partial charge in [0, 0.05) is 11.8 Å². The van der Waals surface area contributed by atoms with E-state index in [0.717, 1.165) is 18.3 Å². The van der Waals surface area contributed by atoms with Gasteiger partial charge in [-0.2, -0.15) is 0 Å². The maximum Gasteiger partial charge on any atom is 0.139 e. The molecule has 3 saturated carbocycles. The van der Waals surface area contributed by atoms with Gasteiger partial charge in [-0.15, -0.1) is 0 Å². The Kier molecular flexibility index (Phi) is 2.76. The van der Waals surface area contributed by atoms with E-state index in [2.05, 4.69) is 19.9 Å². The van der Waals surface area contributed by atoms with Crippen LogP contribution in [0.3, 0.4) is 0 Å². The van der Waals surface area contributed by atoms with Crippen molar-refractivity contribution in [1.82, 2.24) is 0 Å². The molecule has 0 aromatic carbocycles. The zero-order valence-electron chi connectivity index (χ0n) is 13.1. The molecule has 20 heavy (non-hydrogen) atoms. The maximum absolute atomic E-state index is 12.4. The van der Waals surface area contributed by atoms with Gasteiger partial charge in [0.15, 0.2) is 0 Å². The van der Waals surface area contributed by atoms with E-state index in [1.165, 1.54) is 51.4 Å². The Morgan fingerprint density at radius 3 is 2.65 bits per heavy atom. The lowest BCUT2D eigenvalue weighted by atomic mass is 9.48. The number of carbonyl (C=O) groups is 1. The first-order chi connectivity index (χ1) is 9.56. The summed E-state index contributed by atoms with van der Waals surface area (Å²) < 4.78 is 0. The third-order valence-electron chi connectivity index (χ3n) is 7.73. The smallest absolute Gasteiger partial charge is 0.139 e. The summed E-state index contributed by atoms with van der Waals surface area (Å²) in [6, 6.07) is 0. The molecule has 0 amide bonds. The number of fused-ring (bicyclic) bond motifs is 5. The molecule has 0 bridgehead atoms. The number of rotatable bonds is 0. The van der Waals surface area contributed by atoms with E-state index in [0.29, 0.717) is 17.1 Å². The number of hydrogen-bond acceptors (Lipinski definition) is 1. The SMILES string of the molecule is C[C@@]12CC[C@H]3[C@@H](CC=C4CCCC[C@@]43C)[C@@H]1CCC2=O. The molecule has 110 valence electrons. The summed E-state index contributed by atoms with van der Waals surface area (Å²) in [5, 5.41) is 0. The van der Waals surface area contributed by atoms with Crippen molar-refractivity contribution in [3.8, 4) is 0 Å². The molecule has 0 heterocycles. The second kappa shape index (κ2) is 4.21. The van der Waals surface area contributed by atoms with Crippen LogP contribution in [0.4, 0.5) is 0 Å². The average Bonchev–Trinajstić information content (AvgIpc) is 2.74. The highest BCUT2D eigenvalue weighted by Gasteiger charge is 2.58. The van der Waals surface area contributed by atoms with Crippen LogP contribution in [-0.2, 0) is 4.79 Å². The number of ketones is 1. The van der Waals surface area contributed by atoms with Gasteiger partial charge in [-0.1, -0.05) is 31.9 Å². The van der Waals surface area contributed by atoms with E-state index in [4.69, 9.17) is 0 Å². The maximum atomic E-state index is 12.4. The van der Waals surface area contributed by atoms with Crippen LogP contribution < -0.4 is 0 Å². The van der Waals surface area contributed by atoms with E-state index >= 15 is 0 Å². The van der Waals surface area contributed by atoms with Gasteiger partial charge < -0.3 is 0 Å². The summed E-state index contributed by atoms with van der Waals surface area (Å²) in [4.78, 5) is 12.4. The highest BCUT2D eigenvalue weighted by Crippen LogP contribution is 2.63.